The number of imide groups is 1. The zero-order chi connectivity index (χ0) is 14.0. The minimum atomic E-state index is -1.06. The molecule has 6 nitrogen and oxygen atoms in total. The van der Waals surface area contributed by atoms with Crippen molar-refractivity contribution in [3.8, 4) is 0 Å². The van der Waals surface area contributed by atoms with Crippen LogP contribution in [0.25, 0.3) is 0 Å². The fourth-order valence-corrected chi connectivity index (χ4v) is 2.60. The first-order valence-corrected chi connectivity index (χ1v) is 6.42. The quantitative estimate of drug-likeness (QED) is 0.861. The molecule has 0 radical (unpaired) electrons. The molecule has 1 atom stereocenters. The SMILES string of the molecule is Cc1ccc(N(CC(=O)O)[C@@H]2SC(=O)NC2=O)cc1. The average molecular weight is 280 g/mol. The Kier molecular flexibility index (Phi) is 3.75. The number of thioether (sulfide) groups is 1. The summed E-state index contributed by atoms with van der Waals surface area (Å²) >= 11 is 0.786. The Balaban J connectivity index is 2.30. The maximum Gasteiger partial charge on any atom is 0.323 e. The molecule has 1 heterocycles. The topological polar surface area (TPSA) is 86.7 Å². The number of benzene rings is 1. The number of amides is 2. The van der Waals surface area contributed by atoms with E-state index in [1.165, 1.54) is 4.90 Å². The minimum absolute atomic E-state index is 0.346. The van der Waals surface area contributed by atoms with Crippen molar-refractivity contribution in [1.29, 1.82) is 0 Å². The number of nitrogens with one attached hydrogen (secondary N) is 1. The number of hydrogen-bond donors (Lipinski definition) is 2. The van der Waals surface area contributed by atoms with Crippen molar-refractivity contribution in [2.75, 3.05) is 11.4 Å². The number of hydrogen-bond acceptors (Lipinski definition) is 5. The first-order valence-electron chi connectivity index (χ1n) is 5.54. The zero-order valence-electron chi connectivity index (χ0n) is 10.1. The highest BCUT2D eigenvalue weighted by atomic mass is 32.2. The van der Waals surface area contributed by atoms with Gasteiger partial charge in [-0.15, -0.1) is 0 Å². The number of carboxylic acid groups (broad SMARTS) is 1. The summed E-state index contributed by atoms with van der Waals surface area (Å²) in [6, 6.07) is 7.11. The van der Waals surface area contributed by atoms with Gasteiger partial charge in [0, 0.05) is 5.69 Å². The van der Waals surface area contributed by atoms with Crippen LogP contribution in [-0.4, -0.2) is 34.1 Å². The van der Waals surface area contributed by atoms with Gasteiger partial charge in [0.05, 0.1) is 0 Å². The normalized spacial score (nSPS) is 18.3. The lowest BCUT2D eigenvalue weighted by Crippen LogP contribution is -2.42. The third-order valence-electron chi connectivity index (χ3n) is 2.62. The number of rotatable bonds is 4. The Bertz CT molecular complexity index is 529. The van der Waals surface area contributed by atoms with Gasteiger partial charge in [-0.3, -0.25) is 19.7 Å². The van der Waals surface area contributed by atoms with E-state index in [2.05, 4.69) is 5.32 Å². The molecule has 0 aromatic heterocycles. The van der Waals surface area contributed by atoms with Gasteiger partial charge in [0.1, 0.15) is 6.54 Å². The molecular formula is C12H12N2O4S. The molecule has 0 aliphatic carbocycles. The molecule has 1 aromatic carbocycles. The molecule has 19 heavy (non-hydrogen) atoms. The standard InChI is InChI=1S/C12H12N2O4S/c1-7-2-4-8(5-3-7)14(6-9(15)16)11-10(17)13-12(18)19-11/h2-5,11H,6H2,1H3,(H,15,16)(H,13,17,18)/t11-/m1/s1. The average Bonchev–Trinajstić information content (AvgIpc) is 2.66. The Labute approximate surface area is 113 Å². The van der Waals surface area contributed by atoms with Crippen molar-refractivity contribution in [3.05, 3.63) is 29.8 Å². The fourth-order valence-electron chi connectivity index (χ4n) is 1.74. The van der Waals surface area contributed by atoms with E-state index in [-0.39, 0.29) is 6.54 Å². The highest BCUT2D eigenvalue weighted by molar-refractivity contribution is 8.15. The first kappa shape index (κ1) is 13.4. The van der Waals surface area contributed by atoms with E-state index in [0.29, 0.717) is 5.69 Å². The van der Waals surface area contributed by atoms with Crippen LogP contribution in [0.3, 0.4) is 0 Å². The number of nitrogens with zero attached hydrogens (tertiary/aromatic N) is 1. The van der Waals surface area contributed by atoms with Crippen LogP contribution in [0.15, 0.2) is 24.3 Å². The number of carboxylic acids is 1. The molecule has 2 N–H and O–H groups in total. The number of aliphatic carboxylic acids is 1. The van der Waals surface area contributed by atoms with Crippen LogP contribution in [0.1, 0.15) is 5.56 Å². The molecule has 0 unspecified atom stereocenters. The van der Waals surface area contributed by atoms with E-state index in [0.717, 1.165) is 17.3 Å². The van der Waals surface area contributed by atoms with E-state index >= 15 is 0 Å². The van der Waals surface area contributed by atoms with Crippen molar-refractivity contribution in [2.24, 2.45) is 0 Å². The molecule has 7 heteroatoms. The van der Waals surface area contributed by atoms with Gasteiger partial charge >= 0.3 is 5.97 Å². The van der Waals surface area contributed by atoms with Crippen LogP contribution in [0.4, 0.5) is 10.5 Å². The molecule has 1 aliphatic heterocycles. The first-order chi connectivity index (χ1) is 8.97. The maximum atomic E-state index is 11.7. The Morgan fingerprint density at radius 3 is 2.47 bits per heavy atom. The van der Waals surface area contributed by atoms with Gasteiger partial charge in [-0.1, -0.05) is 17.7 Å². The predicted octanol–water partition coefficient (Wildman–Crippen LogP) is 1.20. The van der Waals surface area contributed by atoms with E-state index in [4.69, 9.17) is 5.11 Å². The minimum Gasteiger partial charge on any atom is -0.480 e. The van der Waals surface area contributed by atoms with Crippen molar-refractivity contribution in [1.82, 2.24) is 5.32 Å². The lowest BCUT2D eigenvalue weighted by Gasteiger charge is -2.26. The van der Waals surface area contributed by atoms with Gasteiger partial charge in [-0.2, -0.15) is 0 Å². The lowest BCUT2D eigenvalue weighted by atomic mass is 10.2. The summed E-state index contributed by atoms with van der Waals surface area (Å²) in [5, 5.41) is 9.79. The van der Waals surface area contributed by atoms with Gasteiger partial charge in [0.25, 0.3) is 11.1 Å². The van der Waals surface area contributed by atoms with Crippen molar-refractivity contribution in [2.45, 2.75) is 12.3 Å². The predicted molar refractivity (Wildman–Crippen MR) is 71.1 cm³/mol. The van der Waals surface area contributed by atoms with Gasteiger partial charge in [0.2, 0.25) is 0 Å². The second-order valence-electron chi connectivity index (χ2n) is 4.10. The monoisotopic (exact) mass is 280 g/mol. The molecule has 0 spiro atoms. The number of carbonyl (C=O) groups is 3. The molecule has 2 amide bonds. The Morgan fingerprint density at radius 1 is 1.37 bits per heavy atom. The molecule has 1 fully saturated rings. The van der Waals surface area contributed by atoms with Crippen molar-refractivity contribution < 1.29 is 19.5 Å². The molecule has 2 rings (SSSR count). The molecule has 100 valence electrons. The summed E-state index contributed by atoms with van der Waals surface area (Å²) in [4.78, 5) is 35.2. The lowest BCUT2D eigenvalue weighted by molar-refractivity contribution is -0.135. The number of anilines is 1. The Hall–Kier alpha value is -2.02. The highest BCUT2D eigenvalue weighted by Crippen LogP contribution is 2.27. The van der Waals surface area contributed by atoms with Crippen molar-refractivity contribution >= 4 is 34.6 Å². The van der Waals surface area contributed by atoms with E-state index < -0.39 is 22.5 Å². The van der Waals surface area contributed by atoms with Crippen LogP contribution < -0.4 is 10.2 Å². The fraction of sp³-hybridized carbons (Fsp3) is 0.250. The van der Waals surface area contributed by atoms with Gasteiger partial charge in [-0.25, -0.2) is 0 Å². The Morgan fingerprint density at radius 2 is 2.00 bits per heavy atom. The maximum absolute atomic E-state index is 11.7. The summed E-state index contributed by atoms with van der Waals surface area (Å²) in [5.41, 5.74) is 1.62. The van der Waals surface area contributed by atoms with Crippen LogP contribution in [-0.2, 0) is 9.59 Å². The van der Waals surface area contributed by atoms with E-state index in [9.17, 15) is 14.4 Å². The summed E-state index contributed by atoms with van der Waals surface area (Å²) in [6.07, 6.45) is 0. The van der Waals surface area contributed by atoms with Crippen LogP contribution in [0.5, 0.6) is 0 Å². The third-order valence-corrected chi connectivity index (χ3v) is 3.63. The van der Waals surface area contributed by atoms with Crippen LogP contribution >= 0.6 is 11.8 Å². The summed E-state index contributed by atoms with van der Waals surface area (Å²) in [7, 11) is 0. The molecule has 0 bridgehead atoms. The second kappa shape index (κ2) is 5.31. The molecule has 0 saturated carbocycles. The molecule has 1 saturated heterocycles. The summed E-state index contributed by atoms with van der Waals surface area (Å²) in [5.74, 6) is -1.55. The van der Waals surface area contributed by atoms with Gasteiger partial charge in [-0.05, 0) is 30.8 Å². The molecule has 1 aromatic rings. The third kappa shape index (κ3) is 3.05. The number of carbonyl (C=O) groups excluding carboxylic acids is 2. The smallest absolute Gasteiger partial charge is 0.323 e. The van der Waals surface area contributed by atoms with Crippen LogP contribution in [0, 0.1) is 6.92 Å². The largest absolute Gasteiger partial charge is 0.480 e. The highest BCUT2D eigenvalue weighted by Gasteiger charge is 2.37. The summed E-state index contributed by atoms with van der Waals surface area (Å²) in [6.45, 7) is 1.56. The van der Waals surface area contributed by atoms with Crippen LogP contribution in [0.2, 0.25) is 0 Å². The van der Waals surface area contributed by atoms with Gasteiger partial charge < -0.3 is 10.0 Å². The second-order valence-corrected chi connectivity index (χ2v) is 5.16. The molecular weight excluding hydrogens is 268 g/mol. The van der Waals surface area contributed by atoms with E-state index in [1.54, 1.807) is 12.1 Å². The molecule has 1 aliphatic rings. The van der Waals surface area contributed by atoms with Gasteiger partial charge in [0.15, 0.2) is 5.37 Å². The van der Waals surface area contributed by atoms with Crippen molar-refractivity contribution in [3.63, 3.8) is 0 Å². The van der Waals surface area contributed by atoms with E-state index in [1.807, 2.05) is 19.1 Å². The number of aryl methyl sites for hydroxylation is 1. The summed E-state index contributed by atoms with van der Waals surface area (Å²) < 4.78 is 0. The zero-order valence-corrected chi connectivity index (χ0v) is 10.9.